The second-order valence-corrected chi connectivity index (χ2v) is 12.9. The lowest BCUT2D eigenvalue weighted by atomic mass is 9.82. The standard InChI is InChI=1S/C43H44NO2.BrH/c1-5-7-23-44(22-6-2)28-40-38(30-16-12-18-34(24-30)45-3)26-32-14-8-10-20-36(32)42(40)43-37-21-11-9-15-33(37)27-39(41(43)29-44)31-17-13-19-35(25-31)46-4;/h8-21,24-27H,5-7,22-23,28-29H2,1-4H3;1H/q+1;/p-1. The highest BCUT2D eigenvalue weighted by molar-refractivity contribution is 6.12. The van der Waals surface area contributed by atoms with Gasteiger partial charge in [0.05, 0.1) is 27.3 Å². The van der Waals surface area contributed by atoms with Gasteiger partial charge in [0, 0.05) is 22.3 Å². The van der Waals surface area contributed by atoms with Crippen molar-refractivity contribution in [3.05, 3.63) is 120 Å². The SMILES string of the molecule is CCCC[N+]1(CCC)Cc2c(-c3cccc(OC)c3)cc3ccccc3c2-c2c(c(-c3cccc(OC)c3)cc3ccccc23)C1.[Br-]. The molecule has 0 fully saturated rings. The van der Waals surface area contributed by atoms with Crippen LogP contribution in [0.1, 0.15) is 44.2 Å². The molecular formula is C43H44BrNO2. The first kappa shape index (κ1) is 32.8. The molecule has 0 aromatic heterocycles. The van der Waals surface area contributed by atoms with Crippen LogP contribution >= 0.6 is 0 Å². The second kappa shape index (κ2) is 13.9. The Kier molecular flexibility index (Phi) is 9.72. The van der Waals surface area contributed by atoms with E-state index in [-0.39, 0.29) is 17.0 Å². The summed E-state index contributed by atoms with van der Waals surface area (Å²) in [6.45, 7) is 8.94. The highest BCUT2D eigenvalue weighted by Gasteiger charge is 2.37. The summed E-state index contributed by atoms with van der Waals surface area (Å²) >= 11 is 0. The lowest BCUT2D eigenvalue weighted by Crippen LogP contribution is -3.00. The van der Waals surface area contributed by atoms with Crippen LogP contribution in [0.25, 0.3) is 54.9 Å². The minimum Gasteiger partial charge on any atom is -1.00 e. The van der Waals surface area contributed by atoms with Crippen molar-refractivity contribution < 1.29 is 30.9 Å². The van der Waals surface area contributed by atoms with E-state index in [9.17, 15) is 0 Å². The molecule has 47 heavy (non-hydrogen) atoms. The van der Waals surface area contributed by atoms with Crippen LogP contribution in [0, 0.1) is 0 Å². The lowest BCUT2D eigenvalue weighted by Gasteiger charge is -2.39. The molecule has 0 saturated heterocycles. The van der Waals surface area contributed by atoms with Crippen LogP contribution in [0.2, 0.25) is 0 Å². The highest BCUT2D eigenvalue weighted by Crippen LogP contribution is 2.50. The molecule has 1 heterocycles. The Morgan fingerprint density at radius 2 is 1.04 bits per heavy atom. The molecule has 0 aliphatic carbocycles. The molecule has 3 nitrogen and oxygen atoms in total. The fraction of sp³-hybridized carbons (Fsp3) is 0.256. The topological polar surface area (TPSA) is 18.5 Å². The molecule has 0 amide bonds. The molecule has 0 atom stereocenters. The number of nitrogens with zero attached hydrogens (tertiary/aromatic N) is 1. The number of rotatable bonds is 9. The summed E-state index contributed by atoms with van der Waals surface area (Å²) in [7, 11) is 3.52. The molecule has 4 heteroatoms. The highest BCUT2D eigenvalue weighted by atomic mass is 79.9. The molecule has 7 rings (SSSR count). The van der Waals surface area contributed by atoms with Gasteiger partial charge in [-0.3, -0.25) is 0 Å². The molecule has 0 spiro atoms. The van der Waals surface area contributed by atoms with Crippen LogP contribution in [0.3, 0.4) is 0 Å². The van der Waals surface area contributed by atoms with E-state index in [2.05, 4.69) is 111 Å². The zero-order valence-electron chi connectivity index (χ0n) is 28.0. The summed E-state index contributed by atoms with van der Waals surface area (Å²) in [4.78, 5) is 0. The van der Waals surface area contributed by atoms with Crippen molar-refractivity contribution in [2.45, 2.75) is 46.2 Å². The van der Waals surface area contributed by atoms with E-state index in [1.54, 1.807) is 14.2 Å². The minimum absolute atomic E-state index is 0. The Hall–Kier alpha value is -4.12. The minimum atomic E-state index is 0. The van der Waals surface area contributed by atoms with Gasteiger partial charge in [-0.1, -0.05) is 93.1 Å². The molecule has 0 saturated carbocycles. The van der Waals surface area contributed by atoms with Crippen LogP contribution in [0.5, 0.6) is 11.5 Å². The van der Waals surface area contributed by atoms with Crippen LogP contribution < -0.4 is 26.5 Å². The van der Waals surface area contributed by atoms with Gasteiger partial charge in [-0.15, -0.1) is 0 Å². The third-order valence-electron chi connectivity index (χ3n) is 10.00. The molecule has 0 unspecified atom stereocenters. The van der Waals surface area contributed by atoms with Crippen molar-refractivity contribution >= 4 is 21.5 Å². The Morgan fingerprint density at radius 3 is 1.49 bits per heavy atom. The number of methoxy groups -OCH3 is 2. The molecule has 1 aliphatic rings. The van der Waals surface area contributed by atoms with Crippen molar-refractivity contribution in [1.29, 1.82) is 0 Å². The van der Waals surface area contributed by atoms with E-state index >= 15 is 0 Å². The van der Waals surface area contributed by atoms with Crippen LogP contribution in [-0.2, 0) is 13.1 Å². The van der Waals surface area contributed by atoms with Gasteiger partial charge in [0.2, 0.25) is 0 Å². The van der Waals surface area contributed by atoms with E-state index in [4.69, 9.17) is 9.47 Å². The number of fused-ring (bicyclic) bond motifs is 7. The molecule has 6 aromatic carbocycles. The zero-order valence-corrected chi connectivity index (χ0v) is 29.6. The normalized spacial score (nSPS) is 13.4. The van der Waals surface area contributed by atoms with E-state index in [1.165, 1.54) is 78.9 Å². The third-order valence-corrected chi connectivity index (χ3v) is 10.00. The summed E-state index contributed by atoms with van der Waals surface area (Å²) in [5.74, 6) is 1.78. The quantitative estimate of drug-likeness (QED) is 0.143. The fourth-order valence-corrected chi connectivity index (χ4v) is 7.90. The molecule has 0 radical (unpaired) electrons. The molecular weight excluding hydrogens is 642 g/mol. The van der Waals surface area contributed by atoms with Gasteiger partial charge in [0.25, 0.3) is 0 Å². The van der Waals surface area contributed by atoms with Crippen LogP contribution in [0.15, 0.2) is 109 Å². The van der Waals surface area contributed by atoms with Crippen molar-refractivity contribution in [1.82, 2.24) is 0 Å². The summed E-state index contributed by atoms with van der Waals surface area (Å²) in [5, 5.41) is 5.19. The van der Waals surface area contributed by atoms with E-state index in [1.807, 2.05) is 12.1 Å². The van der Waals surface area contributed by atoms with Gasteiger partial charge >= 0.3 is 0 Å². The largest absolute Gasteiger partial charge is 1.00 e. The zero-order chi connectivity index (χ0) is 31.7. The first-order valence-electron chi connectivity index (χ1n) is 16.8. The third kappa shape index (κ3) is 6.06. The van der Waals surface area contributed by atoms with Gasteiger partial charge in [-0.2, -0.15) is 0 Å². The molecule has 240 valence electrons. The van der Waals surface area contributed by atoms with Crippen molar-refractivity contribution in [3.8, 4) is 44.9 Å². The second-order valence-electron chi connectivity index (χ2n) is 12.9. The number of unbranched alkanes of at least 4 members (excludes halogenated alkanes) is 1. The summed E-state index contributed by atoms with van der Waals surface area (Å²) in [6, 6.07) is 40.1. The molecule has 6 aromatic rings. The van der Waals surface area contributed by atoms with Crippen molar-refractivity contribution in [2.75, 3.05) is 27.3 Å². The van der Waals surface area contributed by atoms with Crippen LogP contribution in [-0.4, -0.2) is 31.8 Å². The van der Waals surface area contributed by atoms with Gasteiger partial charge in [0.1, 0.15) is 24.6 Å². The van der Waals surface area contributed by atoms with Gasteiger partial charge in [-0.05, 0) is 93.0 Å². The maximum absolute atomic E-state index is 5.75. The number of benzene rings is 6. The van der Waals surface area contributed by atoms with Crippen molar-refractivity contribution in [3.63, 3.8) is 0 Å². The summed E-state index contributed by atoms with van der Waals surface area (Å²) < 4.78 is 12.5. The predicted octanol–water partition coefficient (Wildman–Crippen LogP) is 8.06. The number of quaternary nitrogens is 1. The predicted molar refractivity (Wildman–Crippen MR) is 193 cm³/mol. The average molecular weight is 687 g/mol. The Balaban J connectivity index is 0.00000386. The maximum atomic E-state index is 5.75. The number of halogens is 1. The number of ether oxygens (including phenoxy) is 2. The summed E-state index contributed by atoms with van der Waals surface area (Å²) in [6.07, 6.45) is 3.53. The Labute approximate surface area is 290 Å². The van der Waals surface area contributed by atoms with Gasteiger partial charge in [-0.25, -0.2) is 0 Å². The number of hydrogen-bond donors (Lipinski definition) is 0. The van der Waals surface area contributed by atoms with E-state index in [0.29, 0.717) is 0 Å². The lowest BCUT2D eigenvalue weighted by molar-refractivity contribution is -0.953. The van der Waals surface area contributed by atoms with E-state index < -0.39 is 0 Å². The van der Waals surface area contributed by atoms with Crippen molar-refractivity contribution in [2.24, 2.45) is 0 Å². The Morgan fingerprint density at radius 1 is 0.553 bits per heavy atom. The van der Waals surface area contributed by atoms with E-state index in [0.717, 1.165) is 48.6 Å². The maximum Gasteiger partial charge on any atom is 0.119 e. The summed E-state index contributed by atoms with van der Waals surface area (Å²) in [5.41, 5.74) is 10.7. The first-order valence-corrected chi connectivity index (χ1v) is 16.8. The molecule has 0 N–H and O–H groups in total. The smallest absolute Gasteiger partial charge is 0.119 e. The monoisotopic (exact) mass is 685 g/mol. The number of hydrogen-bond acceptors (Lipinski definition) is 2. The van der Waals surface area contributed by atoms with Crippen LogP contribution in [0.4, 0.5) is 0 Å². The fourth-order valence-electron chi connectivity index (χ4n) is 7.90. The molecule has 1 aliphatic heterocycles. The van der Waals surface area contributed by atoms with Gasteiger partial charge < -0.3 is 30.9 Å². The molecule has 0 bridgehead atoms. The Bertz CT molecular complexity index is 1910. The average Bonchev–Trinajstić information content (AvgIpc) is 3.25. The first-order chi connectivity index (χ1) is 22.6. The van der Waals surface area contributed by atoms with Gasteiger partial charge in [0.15, 0.2) is 0 Å².